The molecule has 1 aromatic heterocycles. The van der Waals surface area contributed by atoms with Crippen molar-refractivity contribution in [3.8, 4) is 5.75 Å². The monoisotopic (exact) mass is 452 g/mol. The zero-order valence-corrected chi connectivity index (χ0v) is 17.5. The summed E-state index contributed by atoms with van der Waals surface area (Å²) in [5, 5.41) is 0.671. The van der Waals surface area contributed by atoms with E-state index in [2.05, 4.69) is 15.9 Å². The molecule has 6 heteroatoms. The number of fused-ring (bicyclic) bond motifs is 1. The summed E-state index contributed by atoms with van der Waals surface area (Å²) in [6.45, 7) is 0.442. The Bertz CT molecular complexity index is 1130. The Morgan fingerprint density at radius 2 is 1.89 bits per heavy atom. The van der Waals surface area contributed by atoms with Crippen LogP contribution in [0.3, 0.4) is 0 Å². The number of carbonyl (C=O) groups is 1. The lowest BCUT2D eigenvalue weighted by Crippen LogP contribution is -2.30. The van der Waals surface area contributed by atoms with Crippen LogP contribution in [0.2, 0.25) is 0 Å². The average molecular weight is 453 g/mol. The number of amides is 1. The van der Waals surface area contributed by atoms with Crippen molar-refractivity contribution in [2.75, 3.05) is 12.0 Å². The topological polar surface area (TPSA) is 42.4 Å². The van der Waals surface area contributed by atoms with Crippen LogP contribution in [-0.4, -0.2) is 18.0 Å². The molecule has 1 amide bonds. The van der Waals surface area contributed by atoms with Crippen LogP contribution in [0.25, 0.3) is 10.2 Å². The molecule has 3 aromatic carbocycles. The summed E-state index contributed by atoms with van der Waals surface area (Å²) in [5.74, 6) is 0.541. The highest BCUT2D eigenvalue weighted by Gasteiger charge is 2.22. The third-order valence-corrected chi connectivity index (χ3v) is 5.85. The van der Waals surface area contributed by atoms with Gasteiger partial charge in [-0.15, -0.1) is 0 Å². The SMILES string of the molecule is COc1cccc(C(=O)N(Cc2ccccc2)c2nc3ccc(Br)cc3s2)c1. The molecule has 0 radical (unpaired) electrons. The van der Waals surface area contributed by atoms with E-state index in [1.54, 1.807) is 24.1 Å². The van der Waals surface area contributed by atoms with Gasteiger partial charge in [0.2, 0.25) is 0 Å². The summed E-state index contributed by atoms with van der Waals surface area (Å²) in [7, 11) is 1.59. The highest BCUT2D eigenvalue weighted by atomic mass is 79.9. The number of thiazole rings is 1. The minimum absolute atomic E-state index is 0.110. The third-order valence-electron chi connectivity index (χ3n) is 4.32. The molecule has 4 nitrogen and oxygen atoms in total. The van der Waals surface area contributed by atoms with Gasteiger partial charge in [0.05, 0.1) is 23.9 Å². The highest BCUT2D eigenvalue weighted by molar-refractivity contribution is 9.10. The van der Waals surface area contributed by atoms with Crippen molar-refractivity contribution in [2.24, 2.45) is 0 Å². The van der Waals surface area contributed by atoms with Crippen molar-refractivity contribution in [3.63, 3.8) is 0 Å². The average Bonchev–Trinajstić information content (AvgIpc) is 3.15. The van der Waals surface area contributed by atoms with Crippen LogP contribution in [0, 0.1) is 0 Å². The Hall–Kier alpha value is -2.70. The van der Waals surface area contributed by atoms with E-state index in [1.165, 1.54) is 11.3 Å². The van der Waals surface area contributed by atoms with Crippen LogP contribution in [0.5, 0.6) is 5.75 Å². The van der Waals surface area contributed by atoms with E-state index in [0.717, 1.165) is 20.3 Å². The molecule has 0 bridgehead atoms. The van der Waals surface area contributed by atoms with E-state index in [9.17, 15) is 4.79 Å². The largest absolute Gasteiger partial charge is 0.497 e. The summed E-state index contributed by atoms with van der Waals surface area (Å²) >= 11 is 5.00. The number of carbonyl (C=O) groups excluding carboxylic acids is 1. The van der Waals surface area contributed by atoms with E-state index < -0.39 is 0 Å². The van der Waals surface area contributed by atoms with Gasteiger partial charge in [0.1, 0.15) is 5.75 Å². The minimum atomic E-state index is -0.110. The lowest BCUT2D eigenvalue weighted by atomic mass is 10.1. The molecule has 28 heavy (non-hydrogen) atoms. The van der Waals surface area contributed by atoms with Gasteiger partial charge >= 0.3 is 0 Å². The van der Waals surface area contributed by atoms with Crippen LogP contribution in [0.4, 0.5) is 5.13 Å². The molecule has 0 N–H and O–H groups in total. The number of nitrogens with zero attached hydrogens (tertiary/aromatic N) is 2. The molecule has 0 aliphatic rings. The summed E-state index contributed by atoms with van der Waals surface area (Å²) in [6.07, 6.45) is 0. The number of rotatable bonds is 5. The molecule has 0 fully saturated rings. The second-order valence-corrected chi connectivity index (χ2v) is 8.14. The summed E-state index contributed by atoms with van der Waals surface area (Å²) < 4.78 is 7.30. The Balaban J connectivity index is 1.77. The maximum atomic E-state index is 13.4. The molecule has 0 saturated carbocycles. The molecule has 0 aliphatic heterocycles. The van der Waals surface area contributed by atoms with Crippen LogP contribution in [0.1, 0.15) is 15.9 Å². The van der Waals surface area contributed by atoms with E-state index in [0.29, 0.717) is 23.0 Å². The number of benzene rings is 3. The first-order valence-corrected chi connectivity index (χ1v) is 10.3. The second-order valence-electron chi connectivity index (χ2n) is 6.22. The van der Waals surface area contributed by atoms with Gasteiger partial charge in [-0.05, 0) is 42.0 Å². The summed E-state index contributed by atoms with van der Waals surface area (Å²) in [4.78, 5) is 19.8. The van der Waals surface area contributed by atoms with Crippen LogP contribution < -0.4 is 9.64 Å². The predicted octanol–water partition coefficient (Wildman–Crippen LogP) is 5.91. The molecule has 0 spiro atoms. The van der Waals surface area contributed by atoms with Crippen molar-refractivity contribution < 1.29 is 9.53 Å². The van der Waals surface area contributed by atoms with Crippen LogP contribution >= 0.6 is 27.3 Å². The van der Waals surface area contributed by atoms with Crippen molar-refractivity contribution >= 4 is 48.5 Å². The summed E-state index contributed by atoms with van der Waals surface area (Å²) in [6, 6.07) is 23.1. The molecule has 4 aromatic rings. The maximum absolute atomic E-state index is 13.4. The number of aromatic nitrogens is 1. The Morgan fingerprint density at radius 1 is 1.07 bits per heavy atom. The van der Waals surface area contributed by atoms with Crippen molar-refractivity contribution in [3.05, 3.63) is 88.4 Å². The quantitative estimate of drug-likeness (QED) is 0.377. The van der Waals surface area contributed by atoms with Gasteiger partial charge in [0, 0.05) is 10.0 Å². The fourth-order valence-corrected chi connectivity index (χ4v) is 4.42. The van der Waals surface area contributed by atoms with Gasteiger partial charge < -0.3 is 4.74 Å². The van der Waals surface area contributed by atoms with Crippen LogP contribution in [-0.2, 0) is 6.54 Å². The minimum Gasteiger partial charge on any atom is -0.497 e. The maximum Gasteiger partial charge on any atom is 0.260 e. The molecule has 1 heterocycles. The number of hydrogen-bond donors (Lipinski definition) is 0. The first-order chi connectivity index (χ1) is 13.6. The van der Waals surface area contributed by atoms with Crippen LogP contribution in [0.15, 0.2) is 77.3 Å². The third kappa shape index (κ3) is 3.93. The highest BCUT2D eigenvalue weighted by Crippen LogP contribution is 2.32. The second kappa shape index (κ2) is 8.12. The predicted molar refractivity (Wildman–Crippen MR) is 117 cm³/mol. The molecular weight excluding hydrogens is 436 g/mol. The van der Waals surface area contributed by atoms with Crippen molar-refractivity contribution in [1.82, 2.24) is 4.98 Å². The molecule has 0 saturated heterocycles. The van der Waals surface area contributed by atoms with Gasteiger partial charge in [0.15, 0.2) is 5.13 Å². The number of hydrogen-bond acceptors (Lipinski definition) is 4. The number of methoxy groups -OCH3 is 1. The van der Waals surface area contributed by atoms with Gasteiger partial charge in [-0.25, -0.2) is 4.98 Å². The molecule has 0 atom stereocenters. The van der Waals surface area contributed by atoms with Gasteiger partial charge in [-0.2, -0.15) is 0 Å². The van der Waals surface area contributed by atoms with Gasteiger partial charge in [-0.3, -0.25) is 9.69 Å². The van der Waals surface area contributed by atoms with Crippen molar-refractivity contribution in [1.29, 1.82) is 0 Å². The standard InChI is InChI=1S/C22H17BrN2O2S/c1-27-18-9-5-8-16(12-18)21(26)25(14-15-6-3-2-4-7-15)22-24-19-11-10-17(23)13-20(19)28-22/h2-13H,14H2,1H3. The molecule has 0 aliphatic carbocycles. The Labute approximate surface area is 175 Å². The normalized spacial score (nSPS) is 10.8. The zero-order valence-electron chi connectivity index (χ0n) is 15.1. The molecule has 0 unspecified atom stereocenters. The Kier molecular flexibility index (Phi) is 5.41. The molecule has 4 rings (SSSR count). The lowest BCUT2D eigenvalue weighted by molar-refractivity contribution is 0.0985. The fourth-order valence-electron chi connectivity index (χ4n) is 2.91. The van der Waals surface area contributed by atoms with Gasteiger partial charge in [-0.1, -0.05) is 63.7 Å². The van der Waals surface area contributed by atoms with E-state index >= 15 is 0 Å². The summed E-state index contributed by atoms with van der Waals surface area (Å²) in [5.41, 5.74) is 2.48. The first-order valence-electron chi connectivity index (χ1n) is 8.70. The first kappa shape index (κ1) is 18.7. The fraction of sp³-hybridized carbons (Fsp3) is 0.0909. The number of halogens is 1. The number of anilines is 1. The van der Waals surface area contributed by atoms with E-state index in [4.69, 9.17) is 9.72 Å². The van der Waals surface area contributed by atoms with E-state index in [-0.39, 0.29) is 5.91 Å². The zero-order chi connectivity index (χ0) is 19.5. The molecular formula is C22H17BrN2O2S. The smallest absolute Gasteiger partial charge is 0.260 e. The molecule has 140 valence electrons. The van der Waals surface area contributed by atoms with Gasteiger partial charge in [0.25, 0.3) is 5.91 Å². The van der Waals surface area contributed by atoms with E-state index in [1.807, 2.05) is 60.7 Å². The number of ether oxygens (including phenoxy) is 1. The van der Waals surface area contributed by atoms with Crippen molar-refractivity contribution in [2.45, 2.75) is 6.54 Å². The lowest BCUT2D eigenvalue weighted by Gasteiger charge is -2.20. The Morgan fingerprint density at radius 3 is 2.68 bits per heavy atom.